The van der Waals surface area contributed by atoms with Crippen LogP contribution in [0.1, 0.15) is 19.8 Å². The number of nitrogens with one attached hydrogen (secondary N) is 1. The van der Waals surface area contributed by atoms with Gasteiger partial charge in [0, 0.05) is 12.1 Å². The van der Waals surface area contributed by atoms with Gasteiger partial charge in [0.1, 0.15) is 0 Å². The molecular weight excluding hydrogens is 144 g/mol. The third-order valence-corrected chi connectivity index (χ3v) is 2.53. The van der Waals surface area contributed by atoms with E-state index in [0.29, 0.717) is 12.1 Å². The third kappa shape index (κ3) is 1.65. The van der Waals surface area contributed by atoms with Crippen LogP contribution in [0.15, 0.2) is 0 Å². The molecule has 0 aliphatic carbocycles. The first kappa shape index (κ1) is 8.37. The highest BCUT2D eigenvalue weighted by atomic mass is 32.1. The topological polar surface area (TPSA) is 15.3 Å². The Balaban J connectivity index is 2.42. The maximum atomic E-state index is 4.30. The van der Waals surface area contributed by atoms with Gasteiger partial charge in [-0.05, 0) is 26.4 Å². The first-order valence-corrected chi connectivity index (χ1v) is 4.30. The third-order valence-electron chi connectivity index (χ3n) is 2.23. The maximum absolute atomic E-state index is 4.30. The van der Waals surface area contributed by atoms with Crippen molar-refractivity contribution >= 4 is 12.8 Å². The van der Waals surface area contributed by atoms with Gasteiger partial charge in [-0.15, -0.1) is 0 Å². The summed E-state index contributed by atoms with van der Waals surface area (Å²) in [6.45, 7) is 3.36. The summed E-state index contributed by atoms with van der Waals surface area (Å²) in [6, 6.07) is 1.29. The largest absolute Gasteiger partial charge is 0.312 e. The SMILES string of the molecule is CCC1NCCC1N(C)S. The van der Waals surface area contributed by atoms with Crippen LogP contribution in [0.3, 0.4) is 0 Å². The number of hydrogen-bond acceptors (Lipinski definition) is 3. The average Bonchev–Trinajstić information content (AvgIpc) is 2.33. The van der Waals surface area contributed by atoms with E-state index >= 15 is 0 Å². The lowest BCUT2D eigenvalue weighted by molar-refractivity contribution is 0.362. The highest BCUT2D eigenvalue weighted by Crippen LogP contribution is 2.16. The summed E-state index contributed by atoms with van der Waals surface area (Å²) in [5.74, 6) is 0. The van der Waals surface area contributed by atoms with E-state index in [0.717, 1.165) is 6.54 Å². The number of likely N-dealkylation sites (N-methyl/N-ethyl adjacent to an activating group) is 1. The molecule has 1 N–H and O–H groups in total. The minimum atomic E-state index is 0.633. The van der Waals surface area contributed by atoms with Crippen molar-refractivity contribution in [2.45, 2.75) is 31.8 Å². The van der Waals surface area contributed by atoms with Gasteiger partial charge in [-0.25, -0.2) is 0 Å². The van der Waals surface area contributed by atoms with E-state index in [4.69, 9.17) is 0 Å². The molecule has 0 aromatic carbocycles. The fourth-order valence-electron chi connectivity index (χ4n) is 1.62. The van der Waals surface area contributed by atoms with Gasteiger partial charge in [0.05, 0.1) is 0 Å². The van der Waals surface area contributed by atoms with Gasteiger partial charge < -0.3 is 5.32 Å². The van der Waals surface area contributed by atoms with Crippen LogP contribution in [-0.2, 0) is 0 Å². The summed E-state index contributed by atoms with van der Waals surface area (Å²) in [5.41, 5.74) is 0. The number of nitrogens with zero attached hydrogens (tertiary/aromatic N) is 1. The van der Waals surface area contributed by atoms with E-state index in [1.807, 2.05) is 11.4 Å². The van der Waals surface area contributed by atoms with Crippen LogP contribution >= 0.6 is 12.8 Å². The Labute approximate surface area is 68.5 Å². The fourth-order valence-corrected chi connectivity index (χ4v) is 1.89. The van der Waals surface area contributed by atoms with Crippen LogP contribution in [0.2, 0.25) is 0 Å². The van der Waals surface area contributed by atoms with Gasteiger partial charge in [0.2, 0.25) is 0 Å². The highest BCUT2D eigenvalue weighted by Gasteiger charge is 2.26. The van der Waals surface area contributed by atoms with Gasteiger partial charge in [-0.2, -0.15) is 0 Å². The van der Waals surface area contributed by atoms with E-state index in [2.05, 4.69) is 25.1 Å². The van der Waals surface area contributed by atoms with Gasteiger partial charge >= 0.3 is 0 Å². The smallest absolute Gasteiger partial charge is 0.0362 e. The highest BCUT2D eigenvalue weighted by molar-refractivity contribution is 7.77. The monoisotopic (exact) mass is 160 g/mol. The van der Waals surface area contributed by atoms with Crippen molar-refractivity contribution in [3.8, 4) is 0 Å². The molecule has 0 bridgehead atoms. The molecule has 2 nitrogen and oxygen atoms in total. The quantitative estimate of drug-likeness (QED) is 0.584. The molecule has 1 aliphatic rings. The second kappa shape index (κ2) is 3.60. The molecule has 0 aromatic heterocycles. The summed E-state index contributed by atoms with van der Waals surface area (Å²) < 4.78 is 2.02. The zero-order valence-electron chi connectivity index (χ0n) is 6.67. The zero-order chi connectivity index (χ0) is 7.56. The summed E-state index contributed by atoms with van der Waals surface area (Å²) in [4.78, 5) is 0. The lowest BCUT2D eigenvalue weighted by Gasteiger charge is -2.23. The lowest BCUT2D eigenvalue weighted by Crippen LogP contribution is -2.36. The van der Waals surface area contributed by atoms with Crippen molar-refractivity contribution < 1.29 is 0 Å². The molecule has 2 atom stereocenters. The van der Waals surface area contributed by atoms with E-state index in [-0.39, 0.29) is 0 Å². The number of hydrogen-bond donors (Lipinski definition) is 2. The van der Waals surface area contributed by atoms with Crippen LogP contribution in [0, 0.1) is 0 Å². The Hall–Kier alpha value is 0.270. The summed E-state index contributed by atoms with van der Waals surface area (Å²) in [6.07, 6.45) is 2.44. The van der Waals surface area contributed by atoms with Crippen molar-refractivity contribution in [3.63, 3.8) is 0 Å². The standard InChI is InChI=1S/C7H16N2S/c1-3-6-7(9(2)10)4-5-8-6/h6-8,10H,3-5H2,1-2H3. The Morgan fingerprint density at radius 2 is 2.40 bits per heavy atom. The molecule has 2 unspecified atom stereocenters. The maximum Gasteiger partial charge on any atom is 0.0362 e. The van der Waals surface area contributed by atoms with Crippen LogP contribution < -0.4 is 5.32 Å². The minimum absolute atomic E-state index is 0.633. The van der Waals surface area contributed by atoms with Crippen LogP contribution in [0.4, 0.5) is 0 Å². The second-order valence-corrected chi connectivity index (χ2v) is 3.53. The average molecular weight is 160 g/mol. The molecule has 0 aromatic rings. The van der Waals surface area contributed by atoms with Crippen LogP contribution in [0.5, 0.6) is 0 Å². The van der Waals surface area contributed by atoms with Crippen molar-refractivity contribution in [2.24, 2.45) is 0 Å². The van der Waals surface area contributed by atoms with E-state index in [1.54, 1.807) is 0 Å². The Kier molecular flexibility index (Phi) is 3.01. The molecule has 1 heterocycles. The van der Waals surface area contributed by atoms with Gasteiger partial charge in [0.15, 0.2) is 0 Å². The normalized spacial score (nSPS) is 33.6. The molecule has 1 fully saturated rings. The minimum Gasteiger partial charge on any atom is -0.312 e. The molecule has 0 spiro atoms. The number of rotatable bonds is 2. The Morgan fingerprint density at radius 1 is 1.70 bits per heavy atom. The van der Waals surface area contributed by atoms with Crippen LogP contribution in [-0.4, -0.2) is 30.0 Å². The lowest BCUT2D eigenvalue weighted by atomic mass is 10.1. The first-order valence-electron chi connectivity index (χ1n) is 3.90. The van der Waals surface area contributed by atoms with Gasteiger partial charge in [-0.3, -0.25) is 4.31 Å². The molecule has 3 heteroatoms. The van der Waals surface area contributed by atoms with E-state index in [1.165, 1.54) is 12.8 Å². The zero-order valence-corrected chi connectivity index (χ0v) is 7.56. The molecule has 1 saturated heterocycles. The van der Waals surface area contributed by atoms with Crippen LogP contribution in [0.25, 0.3) is 0 Å². The molecule has 60 valence electrons. The van der Waals surface area contributed by atoms with Crippen molar-refractivity contribution in [1.29, 1.82) is 0 Å². The first-order chi connectivity index (χ1) is 4.75. The molecule has 10 heavy (non-hydrogen) atoms. The summed E-state index contributed by atoms with van der Waals surface area (Å²) in [7, 11) is 2.03. The Bertz CT molecular complexity index is 106. The molecule has 0 amide bonds. The van der Waals surface area contributed by atoms with Crippen molar-refractivity contribution in [2.75, 3.05) is 13.6 Å². The molecule has 0 radical (unpaired) electrons. The van der Waals surface area contributed by atoms with Gasteiger partial charge in [0.25, 0.3) is 0 Å². The molecule has 1 rings (SSSR count). The van der Waals surface area contributed by atoms with Crippen molar-refractivity contribution in [3.05, 3.63) is 0 Å². The van der Waals surface area contributed by atoms with E-state index < -0.39 is 0 Å². The Morgan fingerprint density at radius 3 is 2.80 bits per heavy atom. The molecular formula is C7H16N2S. The second-order valence-electron chi connectivity index (χ2n) is 2.90. The summed E-state index contributed by atoms with van der Waals surface area (Å²) in [5, 5.41) is 3.45. The molecule has 0 saturated carbocycles. The summed E-state index contributed by atoms with van der Waals surface area (Å²) >= 11 is 4.30. The van der Waals surface area contributed by atoms with Gasteiger partial charge in [-0.1, -0.05) is 19.7 Å². The predicted octanol–water partition coefficient (Wildman–Crippen LogP) is 0.903. The fraction of sp³-hybridized carbons (Fsp3) is 1.00. The van der Waals surface area contributed by atoms with Crippen molar-refractivity contribution in [1.82, 2.24) is 9.62 Å². The predicted molar refractivity (Wildman–Crippen MR) is 47.2 cm³/mol. The van der Waals surface area contributed by atoms with E-state index in [9.17, 15) is 0 Å². The number of thiol groups is 1. The molecule has 1 aliphatic heterocycles.